The standard InChI is InChI=1S/C16H30N4O2S/c1-13-15(14(2)20(17-13)16(3,4)5)23(21,22)18(6)11-12-19-9-7-8-10-19/h7-12H2,1-6H3. The largest absolute Gasteiger partial charge is 0.302 e. The lowest BCUT2D eigenvalue weighted by molar-refractivity contribution is 0.309. The number of sulfonamides is 1. The van der Waals surface area contributed by atoms with Gasteiger partial charge in [-0.1, -0.05) is 0 Å². The lowest BCUT2D eigenvalue weighted by atomic mass is 10.1. The maximum Gasteiger partial charge on any atom is 0.246 e. The van der Waals surface area contributed by atoms with Crippen LogP contribution in [0.2, 0.25) is 0 Å². The van der Waals surface area contributed by atoms with Crippen molar-refractivity contribution in [2.75, 3.05) is 33.2 Å². The summed E-state index contributed by atoms with van der Waals surface area (Å²) in [5.74, 6) is 0. The molecule has 0 aromatic carbocycles. The molecule has 23 heavy (non-hydrogen) atoms. The molecule has 0 saturated carbocycles. The Morgan fingerprint density at radius 1 is 1.17 bits per heavy atom. The third kappa shape index (κ3) is 3.78. The van der Waals surface area contributed by atoms with Crippen molar-refractivity contribution in [2.24, 2.45) is 0 Å². The molecule has 0 aliphatic carbocycles. The van der Waals surface area contributed by atoms with Crippen LogP contribution < -0.4 is 0 Å². The lowest BCUT2D eigenvalue weighted by Gasteiger charge is -2.23. The van der Waals surface area contributed by atoms with Gasteiger partial charge in [-0.15, -0.1) is 0 Å². The Morgan fingerprint density at radius 2 is 1.74 bits per heavy atom. The zero-order chi connectivity index (χ0) is 17.4. The summed E-state index contributed by atoms with van der Waals surface area (Å²) in [7, 11) is -1.84. The quantitative estimate of drug-likeness (QED) is 0.821. The number of aromatic nitrogens is 2. The summed E-state index contributed by atoms with van der Waals surface area (Å²) < 4.78 is 29.2. The topological polar surface area (TPSA) is 58.4 Å². The minimum Gasteiger partial charge on any atom is -0.302 e. The minimum absolute atomic E-state index is 0.239. The Morgan fingerprint density at radius 3 is 2.22 bits per heavy atom. The number of aryl methyl sites for hydroxylation is 1. The molecule has 1 aliphatic heterocycles. The molecule has 1 saturated heterocycles. The van der Waals surface area contributed by atoms with Crippen molar-refractivity contribution < 1.29 is 8.42 Å². The van der Waals surface area contributed by atoms with Crippen LogP contribution in [0.15, 0.2) is 4.90 Å². The van der Waals surface area contributed by atoms with E-state index in [0.29, 0.717) is 22.8 Å². The normalized spacial score (nSPS) is 17.3. The third-order valence-electron chi connectivity index (χ3n) is 4.46. The summed E-state index contributed by atoms with van der Waals surface area (Å²) >= 11 is 0. The highest BCUT2D eigenvalue weighted by Crippen LogP contribution is 2.27. The zero-order valence-corrected chi connectivity index (χ0v) is 16.1. The van der Waals surface area contributed by atoms with Gasteiger partial charge in [-0.05, 0) is 60.5 Å². The van der Waals surface area contributed by atoms with Crippen molar-refractivity contribution in [3.8, 4) is 0 Å². The van der Waals surface area contributed by atoms with E-state index in [0.717, 1.165) is 19.6 Å². The van der Waals surface area contributed by atoms with Gasteiger partial charge in [-0.25, -0.2) is 8.42 Å². The molecule has 132 valence electrons. The summed E-state index contributed by atoms with van der Waals surface area (Å²) in [6.45, 7) is 13.2. The van der Waals surface area contributed by atoms with E-state index in [4.69, 9.17) is 0 Å². The SMILES string of the molecule is Cc1nn(C(C)(C)C)c(C)c1S(=O)(=O)N(C)CCN1CCCC1. The van der Waals surface area contributed by atoms with Crippen molar-refractivity contribution in [3.63, 3.8) is 0 Å². The average molecular weight is 343 g/mol. The molecule has 0 radical (unpaired) electrons. The van der Waals surface area contributed by atoms with Crippen molar-refractivity contribution in [1.82, 2.24) is 19.0 Å². The Balaban J connectivity index is 2.23. The lowest BCUT2D eigenvalue weighted by Crippen LogP contribution is -2.35. The van der Waals surface area contributed by atoms with Gasteiger partial charge >= 0.3 is 0 Å². The van der Waals surface area contributed by atoms with E-state index in [1.807, 2.05) is 32.4 Å². The van der Waals surface area contributed by atoms with E-state index in [1.54, 1.807) is 14.0 Å². The Kier molecular flexibility index (Phi) is 5.23. The van der Waals surface area contributed by atoms with E-state index in [-0.39, 0.29) is 5.54 Å². The molecule has 7 heteroatoms. The molecule has 1 aromatic heterocycles. The number of hydrogen-bond acceptors (Lipinski definition) is 4. The molecule has 0 atom stereocenters. The summed E-state index contributed by atoms with van der Waals surface area (Å²) in [6.07, 6.45) is 2.43. The van der Waals surface area contributed by atoms with Crippen LogP contribution in [0.3, 0.4) is 0 Å². The van der Waals surface area contributed by atoms with Crippen LogP contribution >= 0.6 is 0 Å². The highest BCUT2D eigenvalue weighted by molar-refractivity contribution is 7.89. The Labute approximate surface area is 140 Å². The zero-order valence-electron chi connectivity index (χ0n) is 15.3. The number of rotatable bonds is 5. The monoisotopic (exact) mass is 342 g/mol. The second kappa shape index (κ2) is 6.53. The molecular weight excluding hydrogens is 312 g/mol. The van der Waals surface area contributed by atoms with Crippen LogP contribution in [0, 0.1) is 13.8 Å². The van der Waals surface area contributed by atoms with E-state index in [9.17, 15) is 8.42 Å². The summed E-state index contributed by atoms with van der Waals surface area (Å²) in [6, 6.07) is 0. The Bertz CT molecular complexity index is 652. The first-order chi connectivity index (χ1) is 10.5. The average Bonchev–Trinajstić information content (AvgIpc) is 3.03. The highest BCUT2D eigenvalue weighted by Gasteiger charge is 2.31. The summed E-state index contributed by atoms with van der Waals surface area (Å²) in [5, 5.41) is 4.47. The number of likely N-dealkylation sites (N-methyl/N-ethyl adjacent to an activating group) is 1. The molecule has 1 aliphatic rings. The fourth-order valence-corrected chi connectivity index (χ4v) is 4.73. The first-order valence-electron chi connectivity index (χ1n) is 8.30. The molecule has 0 bridgehead atoms. The van der Waals surface area contributed by atoms with Crippen molar-refractivity contribution in [2.45, 2.75) is 57.9 Å². The number of likely N-dealkylation sites (tertiary alicyclic amines) is 1. The van der Waals surface area contributed by atoms with Crippen LogP contribution in [-0.2, 0) is 15.6 Å². The smallest absolute Gasteiger partial charge is 0.246 e. The van der Waals surface area contributed by atoms with Gasteiger partial charge in [0.2, 0.25) is 10.0 Å². The third-order valence-corrected chi connectivity index (χ3v) is 6.57. The Hall–Kier alpha value is -0.920. The molecule has 2 rings (SSSR count). The summed E-state index contributed by atoms with van der Waals surface area (Å²) in [4.78, 5) is 2.68. The van der Waals surface area contributed by atoms with Gasteiger partial charge in [0.25, 0.3) is 0 Å². The highest BCUT2D eigenvalue weighted by atomic mass is 32.2. The summed E-state index contributed by atoms with van der Waals surface area (Å²) in [5.41, 5.74) is 1.05. The number of nitrogens with zero attached hydrogens (tertiary/aromatic N) is 4. The maximum absolute atomic E-state index is 13.0. The van der Waals surface area contributed by atoms with Gasteiger partial charge in [0.15, 0.2) is 0 Å². The molecule has 2 heterocycles. The van der Waals surface area contributed by atoms with E-state index >= 15 is 0 Å². The van der Waals surface area contributed by atoms with Gasteiger partial charge in [-0.2, -0.15) is 9.40 Å². The van der Waals surface area contributed by atoms with Crippen LogP contribution in [0.1, 0.15) is 45.0 Å². The van der Waals surface area contributed by atoms with E-state index in [1.165, 1.54) is 17.1 Å². The van der Waals surface area contributed by atoms with E-state index in [2.05, 4.69) is 10.00 Å². The van der Waals surface area contributed by atoms with Gasteiger partial charge in [-0.3, -0.25) is 4.68 Å². The second-order valence-corrected chi connectivity index (χ2v) is 9.44. The van der Waals surface area contributed by atoms with Crippen LogP contribution in [-0.4, -0.2) is 60.6 Å². The fraction of sp³-hybridized carbons (Fsp3) is 0.812. The molecule has 0 spiro atoms. The van der Waals surface area contributed by atoms with Crippen LogP contribution in [0.4, 0.5) is 0 Å². The molecular formula is C16H30N4O2S. The molecule has 0 amide bonds. The van der Waals surface area contributed by atoms with Gasteiger partial charge in [0.1, 0.15) is 4.90 Å². The molecule has 1 aromatic rings. The number of hydrogen-bond donors (Lipinski definition) is 0. The van der Waals surface area contributed by atoms with Crippen molar-refractivity contribution >= 4 is 10.0 Å². The van der Waals surface area contributed by atoms with Crippen molar-refractivity contribution in [3.05, 3.63) is 11.4 Å². The fourth-order valence-electron chi connectivity index (χ4n) is 3.22. The first kappa shape index (κ1) is 18.4. The predicted octanol–water partition coefficient (Wildman–Crippen LogP) is 1.97. The predicted molar refractivity (Wildman–Crippen MR) is 92.2 cm³/mol. The van der Waals surface area contributed by atoms with Gasteiger partial charge in [0.05, 0.1) is 16.9 Å². The van der Waals surface area contributed by atoms with Crippen LogP contribution in [0.5, 0.6) is 0 Å². The molecule has 6 nitrogen and oxygen atoms in total. The van der Waals surface area contributed by atoms with Gasteiger partial charge in [0, 0.05) is 20.1 Å². The first-order valence-corrected chi connectivity index (χ1v) is 9.74. The molecule has 0 N–H and O–H groups in total. The van der Waals surface area contributed by atoms with Gasteiger partial charge < -0.3 is 4.90 Å². The molecule has 0 unspecified atom stereocenters. The second-order valence-electron chi connectivity index (χ2n) is 7.46. The maximum atomic E-state index is 13.0. The van der Waals surface area contributed by atoms with E-state index < -0.39 is 10.0 Å². The van der Waals surface area contributed by atoms with Crippen molar-refractivity contribution in [1.29, 1.82) is 0 Å². The van der Waals surface area contributed by atoms with Crippen LogP contribution in [0.25, 0.3) is 0 Å². The molecule has 1 fully saturated rings. The minimum atomic E-state index is -3.51.